The van der Waals surface area contributed by atoms with Crippen LogP contribution in [0, 0.1) is 15.9 Å². The van der Waals surface area contributed by atoms with Gasteiger partial charge in [0.25, 0.3) is 5.69 Å². The summed E-state index contributed by atoms with van der Waals surface area (Å²) in [6.07, 6.45) is 0. The molecule has 1 aromatic carbocycles. The molecular weight excluding hydrogens is 265 g/mol. The predicted octanol–water partition coefficient (Wildman–Crippen LogP) is 2.85. The van der Waals surface area contributed by atoms with Gasteiger partial charge < -0.3 is 10.1 Å². The Kier molecular flexibility index (Phi) is 3.79. The van der Waals surface area contributed by atoms with Gasteiger partial charge in [-0.2, -0.15) is 0 Å². The van der Waals surface area contributed by atoms with Crippen LogP contribution in [0.15, 0.2) is 30.3 Å². The van der Waals surface area contributed by atoms with Crippen LogP contribution in [-0.4, -0.2) is 24.1 Å². The molecule has 0 saturated carbocycles. The quantitative estimate of drug-likeness (QED) is 0.686. The van der Waals surface area contributed by atoms with Crippen LogP contribution in [0.25, 0.3) is 11.3 Å². The van der Waals surface area contributed by atoms with Gasteiger partial charge in [0.1, 0.15) is 17.4 Å². The van der Waals surface area contributed by atoms with Crippen LogP contribution < -0.4 is 10.1 Å². The van der Waals surface area contributed by atoms with E-state index in [1.165, 1.54) is 31.4 Å². The molecule has 2 aromatic rings. The molecule has 1 N–H and O–H groups in total. The number of benzene rings is 1. The van der Waals surface area contributed by atoms with Crippen molar-refractivity contribution in [3.63, 3.8) is 0 Å². The molecule has 0 unspecified atom stereocenters. The van der Waals surface area contributed by atoms with Crippen molar-refractivity contribution in [2.24, 2.45) is 0 Å². The lowest BCUT2D eigenvalue weighted by molar-refractivity contribution is -0.384. The Labute approximate surface area is 114 Å². The summed E-state index contributed by atoms with van der Waals surface area (Å²) in [5, 5.41) is 13.9. The molecule has 0 fully saturated rings. The fraction of sp³-hybridized carbons (Fsp3) is 0.154. The Bertz CT molecular complexity index is 661. The van der Waals surface area contributed by atoms with Crippen molar-refractivity contribution in [2.45, 2.75) is 0 Å². The Morgan fingerprint density at radius 2 is 2.10 bits per heavy atom. The number of anilines is 1. The fourth-order valence-electron chi connectivity index (χ4n) is 1.80. The molecule has 6 nitrogen and oxygen atoms in total. The molecule has 0 amide bonds. The van der Waals surface area contributed by atoms with E-state index in [2.05, 4.69) is 10.3 Å². The van der Waals surface area contributed by atoms with Crippen LogP contribution in [0.3, 0.4) is 0 Å². The van der Waals surface area contributed by atoms with Crippen molar-refractivity contribution >= 4 is 11.5 Å². The molecule has 0 spiro atoms. The van der Waals surface area contributed by atoms with Crippen molar-refractivity contribution < 1.29 is 14.1 Å². The Morgan fingerprint density at radius 1 is 1.35 bits per heavy atom. The first-order chi connectivity index (χ1) is 9.56. The van der Waals surface area contributed by atoms with E-state index < -0.39 is 10.7 Å². The molecule has 0 aliphatic carbocycles. The molecule has 1 heterocycles. The number of halogens is 1. The summed E-state index contributed by atoms with van der Waals surface area (Å²) < 4.78 is 18.5. The summed E-state index contributed by atoms with van der Waals surface area (Å²) in [4.78, 5) is 14.7. The summed E-state index contributed by atoms with van der Waals surface area (Å²) in [5.74, 6) is 0.235. The molecule has 0 atom stereocenters. The molecular formula is C13H12FN3O3. The van der Waals surface area contributed by atoms with Crippen LogP contribution in [0.4, 0.5) is 15.9 Å². The average molecular weight is 277 g/mol. The second kappa shape index (κ2) is 5.52. The highest BCUT2D eigenvalue weighted by Gasteiger charge is 2.21. The van der Waals surface area contributed by atoms with Crippen LogP contribution in [0.1, 0.15) is 0 Å². The van der Waals surface area contributed by atoms with E-state index in [1.807, 2.05) is 0 Å². The minimum absolute atomic E-state index is 0.0539. The van der Waals surface area contributed by atoms with E-state index in [4.69, 9.17) is 4.74 Å². The van der Waals surface area contributed by atoms with Crippen molar-refractivity contribution in [3.05, 3.63) is 46.3 Å². The van der Waals surface area contributed by atoms with Gasteiger partial charge in [0.2, 0.25) is 0 Å². The fourth-order valence-corrected chi connectivity index (χ4v) is 1.80. The first kappa shape index (κ1) is 13.7. The number of methoxy groups -OCH3 is 1. The molecule has 7 heteroatoms. The zero-order valence-corrected chi connectivity index (χ0v) is 10.9. The molecule has 0 aliphatic rings. The van der Waals surface area contributed by atoms with Gasteiger partial charge in [-0.15, -0.1) is 0 Å². The molecule has 20 heavy (non-hydrogen) atoms. The van der Waals surface area contributed by atoms with E-state index in [0.717, 1.165) is 6.07 Å². The molecule has 0 saturated heterocycles. The number of aromatic nitrogens is 1. The summed E-state index contributed by atoms with van der Waals surface area (Å²) >= 11 is 0. The highest BCUT2D eigenvalue weighted by Crippen LogP contribution is 2.35. The van der Waals surface area contributed by atoms with Gasteiger partial charge in [0, 0.05) is 13.1 Å². The largest absolute Gasteiger partial charge is 0.496 e. The molecule has 104 valence electrons. The van der Waals surface area contributed by atoms with Crippen LogP contribution in [0.5, 0.6) is 5.75 Å². The summed E-state index contributed by atoms with van der Waals surface area (Å²) in [5.41, 5.74) is 0.0717. The molecule has 0 aliphatic heterocycles. The maximum Gasteiger partial charge on any atom is 0.295 e. The summed E-state index contributed by atoms with van der Waals surface area (Å²) in [6, 6.07) is 6.58. The predicted molar refractivity (Wildman–Crippen MR) is 72.4 cm³/mol. The number of hydrogen-bond donors (Lipinski definition) is 1. The van der Waals surface area contributed by atoms with Crippen molar-refractivity contribution in [3.8, 4) is 17.0 Å². The van der Waals surface area contributed by atoms with Gasteiger partial charge in [0.15, 0.2) is 5.69 Å². The number of nitrogens with zero attached hydrogens (tertiary/aromatic N) is 2. The third-order valence-electron chi connectivity index (χ3n) is 2.74. The van der Waals surface area contributed by atoms with Gasteiger partial charge in [-0.1, -0.05) is 0 Å². The number of nitro groups is 1. The topological polar surface area (TPSA) is 77.3 Å². The zero-order chi connectivity index (χ0) is 14.7. The van der Waals surface area contributed by atoms with Crippen molar-refractivity contribution in [1.82, 2.24) is 4.98 Å². The molecule has 0 bridgehead atoms. The van der Waals surface area contributed by atoms with Gasteiger partial charge in [0.05, 0.1) is 17.6 Å². The second-order valence-electron chi connectivity index (χ2n) is 3.92. The zero-order valence-electron chi connectivity index (χ0n) is 10.9. The van der Waals surface area contributed by atoms with E-state index >= 15 is 0 Å². The number of pyridine rings is 1. The SMILES string of the molecule is CNc1ccc([N+](=O)[O-])c(-c2cc(F)ccc2OC)n1. The minimum Gasteiger partial charge on any atom is -0.496 e. The maximum atomic E-state index is 13.4. The molecule has 1 aromatic heterocycles. The first-order valence-corrected chi connectivity index (χ1v) is 5.74. The molecule has 0 radical (unpaired) electrons. The van der Waals surface area contributed by atoms with Crippen molar-refractivity contribution in [2.75, 3.05) is 19.5 Å². The van der Waals surface area contributed by atoms with Gasteiger partial charge in [-0.3, -0.25) is 10.1 Å². The second-order valence-corrected chi connectivity index (χ2v) is 3.92. The summed E-state index contributed by atoms with van der Waals surface area (Å²) in [7, 11) is 3.05. The van der Waals surface area contributed by atoms with Crippen LogP contribution in [0.2, 0.25) is 0 Å². The lowest BCUT2D eigenvalue weighted by Gasteiger charge is -2.09. The standard InChI is InChI=1S/C13H12FN3O3/c1-15-12-6-4-10(17(18)19)13(16-12)9-7-8(14)3-5-11(9)20-2/h3-7H,1-2H3,(H,15,16). The van der Waals surface area contributed by atoms with Crippen molar-refractivity contribution in [1.29, 1.82) is 0 Å². The molecule has 2 rings (SSSR count). The van der Waals surface area contributed by atoms with E-state index in [0.29, 0.717) is 11.6 Å². The van der Waals surface area contributed by atoms with E-state index in [-0.39, 0.29) is 16.9 Å². The van der Waals surface area contributed by atoms with Gasteiger partial charge in [-0.25, -0.2) is 9.37 Å². The third kappa shape index (κ3) is 2.51. The lowest BCUT2D eigenvalue weighted by atomic mass is 10.1. The Morgan fingerprint density at radius 3 is 2.70 bits per heavy atom. The Hall–Kier alpha value is -2.70. The average Bonchev–Trinajstić information content (AvgIpc) is 2.46. The number of hydrogen-bond acceptors (Lipinski definition) is 5. The van der Waals surface area contributed by atoms with Crippen LogP contribution >= 0.6 is 0 Å². The lowest BCUT2D eigenvalue weighted by Crippen LogP contribution is -2.00. The minimum atomic E-state index is -0.563. The van der Waals surface area contributed by atoms with Gasteiger partial charge >= 0.3 is 0 Å². The van der Waals surface area contributed by atoms with E-state index in [1.54, 1.807) is 7.05 Å². The Balaban J connectivity index is 2.72. The first-order valence-electron chi connectivity index (χ1n) is 5.74. The highest BCUT2D eigenvalue weighted by molar-refractivity contribution is 5.76. The van der Waals surface area contributed by atoms with Crippen LogP contribution in [-0.2, 0) is 0 Å². The van der Waals surface area contributed by atoms with E-state index in [9.17, 15) is 14.5 Å². The third-order valence-corrected chi connectivity index (χ3v) is 2.74. The van der Waals surface area contributed by atoms with Gasteiger partial charge in [-0.05, 0) is 24.3 Å². The number of nitrogens with one attached hydrogen (secondary N) is 1. The number of ether oxygens (including phenoxy) is 1. The number of rotatable bonds is 4. The maximum absolute atomic E-state index is 13.4. The highest BCUT2D eigenvalue weighted by atomic mass is 19.1. The monoisotopic (exact) mass is 277 g/mol. The summed E-state index contributed by atoms with van der Waals surface area (Å²) in [6.45, 7) is 0. The smallest absolute Gasteiger partial charge is 0.295 e. The normalized spacial score (nSPS) is 10.2.